The van der Waals surface area contributed by atoms with Crippen LogP contribution < -0.4 is 10.1 Å². The van der Waals surface area contributed by atoms with Crippen LogP contribution in [0.25, 0.3) is 6.08 Å². The van der Waals surface area contributed by atoms with Gasteiger partial charge in [0.1, 0.15) is 11.6 Å². The smallest absolute Gasteiger partial charge is 0.244 e. The monoisotopic (exact) mass is 299 g/mol. The number of methoxy groups -OCH3 is 1. The fraction of sp³-hybridized carbons (Fsp3) is 0.167. The molecule has 0 heterocycles. The highest BCUT2D eigenvalue weighted by Gasteiger charge is 1.98. The van der Waals surface area contributed by atoms with Gasteiger partial charge in [0.25, 0.3) is 0 Å². The highest BCUT2D eigenvalue weighted by molar-refractivity contribution is 5.91. The molecule has 2 rings (SSSR count). The number of carbonyl (C=O) groups excluding carboxylic acids is 1. The average molecular weight is 299 g/mol. The number of hydrogen-bond acceptors (Lipinski definition) is 2. The number of ether oxygens (including phenoxy) is 1. The summed E-state index contributed by atoms with van der Waals surface area (Å²) in [5.41, 5.74) is 1.88. The Labute approximate surface area is 129 Å². The van der Waals surface area contributed by atoms with Gasteiger partial charge in [-0.2, -0.15) is 0 Å². The second kappa shape index (κ2) is 7.98. The first-order valence-electron chi connectivity index (χ1n) is 7.02. The van der Waals surface area contributed by atoms with Crippen LogP contribution in [0.15, 0.2) is 54.6 Å². The summed E-state index contributed by atoms with van der Waals surface area (Å²) in [6.45, 7) is 0.507. The van der Waals surface area contributed by atoms with E-state index in [1.807, 2.05) is 24.3 Å². The Morgan fingerprint density at radius 3 is 2.73 bits per heavy atom. The van der Waals surface area contributed by atoms with E-state index in [-0.39, 0.29) is 11.7 Å². The van der Waals surface area contributed by atoms with Crippen molar-refractivity contribution in [2.75, 3.05) is 13.7 Å². The predicted octanol–water partition coefficient (Wildman–Crippen LogP) is 3.21. The van der Waals surface area contributed by atoms with Crippen molar-refractivity contribution < 1.29 is 13.9 Å². The van der Waals surface area contributed by atoms with Crippen LogP contribution in [0.1, 0.15) is 11.1 Å². The van der Waals surface area contributed by atoms with Crippen molar-refractivity contribution in [3.8, 4) is 5.75 Å². The third-order valence-corrected chi connectivity index (χ3v) is 3.15. The van der Waals surface area contributed by atoms with Gasteiger partial charge in [-0.25, -0.2) is 4.39 Å². The van der Waals surface area contributed by atoms with Crippen LogP contribution in [-0.2, 0) is 11.2 Å². The largest absolute Gasteiger partial charge is 0.497 e. The molecule has 114 valence electrons. The van der Waals surface area contributed by atoms with Gasteiger partial charge >= 0.3 is 0 Å². The molecule has 4 heteroatoms. The van der Waals surface area contributed by atoms with Gasteiger partial charge in [0.15, 0.2) is 0 Å². The van der Waals surface area contributed by atoms with E-state index in [1.165, 1.54) is 18.2 Å². The van der Waals surface area contributed by atoms with Crippen LogP contribution in [0, 0.1) is 5.82 Å². The summed E-state index contributed by atoms with van der Waals surface area (Å²) in [4.78, 5) is 11.7. The Kier molecular flexibility index (Phi) is 5.72. The van der Waals surface area contributed by atoms with E-state index in [2.05, 4.69) is 5.32 Å². The van der Waals surface area contributed by atoms with Gasteiger partial charge in [0, 0.05) is 12.6 Å². The molecule has 0 fully saturated rings. The van der Waals surface area contributed by atoms with Crippen molar-refractivity contribution in [1.82, 2.24) is 5.32 Å². The van der Waals surface area contributed by atoms with E-state index < -0.39 is 0 Å². The first-order chi connectivity index (χ1) is 10.7. The number of nitrogens with one attached hydrogen (secondary N) is 1. The Morgan fingerprint density at radius 2 is 2.00 bits per heavy atom. The van der Waals surface area contributed by atoms with Crippen LogP contribution in [0.5, 0.6) is 5.75 Å². The lowest BCUT2D eigenvalue weighted by molar-refractivity contribution is -0.116. The summed E-state index contributed by atoms with van der Waals surface area (Å²) in [7, 11) is 1.60. The maximum absolute atomic E-state index is 12.8. The molecule has 0 aliphatic carbocycles. The molecule has 0 aliphatic rings. The molecule has 2 aromatic rings. The molecule has 0 aromatic heterocycles. The Hall–Kier alpha value is -2.62. The zero-order valence-corrected chi connectivity index (χ0v) is 12.4. The van der Waals surface area contributed by atoms with Crippen molar-refractivity contribution in [3.63, 3.8) is 0 Å². The maximum Gasteiger partial charge on any atom is 0.244 e. The zero-order valence-electron chi connectivity index (χ0n) is 12.4. The highest BCUT2D eigenvalue weighted by Crippen LogP contribution is 2.13. The Bertz CT molecular complexity index is 650. The molecular formula is C18H18FNO2. The summed E-state index contributed by atoms with van der Waals surface area (Å²) in [5.74, 6) is 0.331. The molecule has 0 radical (unpaired) electrons. The topological polar surface area (TPSA) is 38.3 Å². The van der Waals surface area contributed by atoms with Crippen LogP contribution >= 0.6 is 0 Å². The number of amides is 1. The number of carbonyl (C=O) groups is 1. The van der Waals surface area contributed by atoms with E-state index in [0.717, 1.165) is 16.9 Å². The molecule has 0 aliphatic heterocycles. The van der Waals surface area contributed by atoms with Crippen LogP contribution in [0.2, 0.25) is 0 Å². The van der Waals surface area contributed by atoms with Crippen LogP contribution in [-0.4, -0.2) is 19.6 Å². The van der Waals surface area contributed by atoms with Gasteiger partial charge in [-0.15, -0.1) is 0 Å². The van der Waals surface area contributed by atoms with E-state index in [4.69, 9.17) is 4.74 Å². The highest BCUT2D eigenvalue weighted by atomic mass is 19.1. The van der Waals surface area contributed by atoms with E-state index in [0.29, 0.717) is 13.0 Å². The van der Waals surface area contributed by atoms with E-state index in [1.54, 1.807) is 25.3 Å². The summed E-state index contributed by atoms with van der Waals surface area (Å²) in [6.07, 6.45) is 3.88. The summed E-state index contributed by atoms with van der Waals surface area (Å²) >= 11 is 0. The van der Waals surface area contributed by atoms with Gasteiger partial charge in [0.2, 0.25) is 5.91 Å². The maximum atomic E-state index is 12.8. The summed E-state index contributed by atoms with van der Waals surface area (Å²) in [5, 5.41) is 2.79. The van der Waals surface area contributed by atoms with Crippen LogP contribution in [0.4, 0.5) is 4.39 Å². The van der Waals surface area contributed by atoms with Gasteiger partial charge in [-0.3, -0.25) is 4.79 Å². The third kappa shape index (κ3) is 5.05. The normalized spacial score (nSPS) is 10.6. The lowest BCUT2D eigenvalue weighted by Gasteiger charge is -2.03. The third-order valence-electron chi connectivity index (χ3n) is 3.15. The number of rotatable bonds is 6. The lowest BCUT2D eigenvalue weighted by Crippen LogP contribution is -2.23. The van der Waals surface area contributed by atoms with Crippen molar-refractivity contribution in [2.45, 2.75) is 6.42 Å². The molecule has 0 unspecified atom stereocenters. The van der Waals surface area contributed by atoms with Gasteiger partial charge in [-0.1, -0.05) is 24.3 Å². The molecule has 0 bridgehead atoms. The minimum atomic E-state index is -0.256. The lowest BCUT2D eigenvalue weighted by atomic mass is 10.1. The molecule has 0 saturated heterocycles. The molecule has 3 nitrogen and oxygen atoms in total. The molecule has 0 atom stereocenters. The molecule has 22 heavy (non-hydrogen) atoms. The number of benzene rings is 2. The molecule has 1 amide bonds. The first-order valence-corrected chi connectivity index (χ1v) is 7.02. The van der Waals surface area contributed by atoms with Gasteiger partial charge < -0.3 is 10.1 Å². The van der Waals surface area contributed by atoms with Gasteiger partial charge in [0.05, 0.1) is 7.11 Å². The first kappa shape index (κ1) is 15.8. The summed E-state index contributed by atoms with van der Waals surface area (Å²) in [6, 6.07) is 13.7. The fourth-order valence-corrected chi connectivity index (χ4v) is 1.96. The van der Waals surface area contributed by atoms with Crippen molar-refractivity contribution >= 4 is 12.0 Å². The number of halogens is 1. The second-order valence-corrected chi connectivity index (χ2v) is 4.78. The average Bonchev–Trinajstić information content (AvgIpc) is 2.55. The number of hydrogen-bond donors (Lipinski definition) is 1. The van der Waals surface area contributed by atoms with Gasteiger partial charge in [-0.05, 0) is 47.9 Å². The van der Waals surface area contributed by atoms with Crippen molar-refractivity contribution in [1.29, 1.82) is 0 Å². The van der Waals surface area contributed by atoms with Crippen molar-refractivity contribution in [3.05, 3.63) is 71.6 Å². The minimum absolute atomic E-state index is 0.162. The predicted molar refractivity (Wildman–Crippen MR) is 85.1 cm³/mol. The second-order valence-electron chi connectivity index (χ2n) is 4.78. The SMILES string of the molecule is COc1cccc(C=CC(=O)NCCc2ccc(F)cc2)c1. The zero-order chi connectivity index (χ0) is 15.8. The summed E-state index contributed by atoms with van der Waals surface area (Å²) < 4.78 is 17.9. The fourth-order valence-electron chi connectivity index (χ4n) is 1.96. The molecule has 2 aromatic carbocycles. The van der Waals surface area contributed by atoms with Crippen molar-refractivity contribution in [2.24, 2.45) is 0 Å². The molecule has 0 spiro atoms. The molecule has 0 saturated carbocycles. The molecule has 1 N–H and O–H groups in total. The quantitative estimate of drug-likeness (QED) is 0.832. The Balaban J connectivity index is 1.79. The standard InChI is InChI=1S/C18H18FNO2/c1-22-17-4-2-3-15(13-17)7-10-18(21)20-12-11-14-5-8-16(19)9-6-14/h2-10,13H,11-12H2,1H3,(H,20,21). The minimum Gasteiger partial charge on any atom is -0.497 e. The van der Waals surface area contributed by atoms with Crippen LogP contribution in [0.3, 0.4) is 0 Å². The molecular weight excluding hydrogens is 281 g/mol. The Morgan fingerprint density at radius 1 is 1.23 bits per heavy atom. The van der Waals surface area contributed by atoms with E-state index in [9.17, 15) is 9.18 Å². The van der Waals surface area contributed by atoms with E-state index >= 15 is 0 Å².